The number of hydrogen-bond donors (Lipinski definition) is 1. The van der Waals surface area contributed by atoms with Crippen LogP contribution >= 0.6 is 0 Å². The molecule has 0 atom stereocenters. The predicted molar refractivity (Wildman–Crippen MR) is 118 cm³/mol. The lowest BCUT2D eigenvalue weighted by Crippen LogP contribution is -2.45. The number of nitrogens with zero attached hydrogens (tertiary/aromatic N) is 4. The third-order valence-corrected chi connectivity index (χ3v) is 6.27. The lowest BCUT2D eigenvalue weighted by atomic mass is 9.96. The number of benzene rings is 1. The molecule has 1 fully saturated rings. The molecule has 4 rings (SSSR count). The minimum absolute atomic E-state index is 0.0281. The van der Waals surface area contributed by atoms with Gasteiger partial charge in [-0.25, -0.2) is 4.39 Å². The van der Waals surface area contributed by atoms with Crippen LogP contribution in [0.4, 0.5) is 4.39 Å². The van der Waals surface area contributed by atoms with E-state index in [9.17, 15) is 18.8 Å². The summed E-state index contributed by atoms with van der Waals surface area (Å²) in [5.41, 5.74) is 6.69. The molecule has 2 N–H and O–H groups in total. The lowest BCUT2D eigenvalue weighted by Gasteiger charge is -2.32. The molecule has 1 aromatic heterocycles. The molecule has 0 saturated carbocycles. The van der Waals surface area contributed by atoms with Crippen molar-refractivity contribution in [2.75, 3.05) is 46.3 Å². The molecule has 32 heavy (non-hydrogen) atoms. The first-order valence-corrected chi connectivity index (χ1v) is 10.9. The molecule has 3 heterocycles. The molecule has 0 aliphatic carbocycles. The summed E-state index contributed by atoms with van der Waals surface area (Å²) in [6.07, 6.45) is 3.05. The summed E-state index contributed by atoms with van der Waals surface area (Å²) < 4.78 is 14.7. The van der Waals surface area contributed by atoms with Gasteiger partial charge in [-0.1, -0.05) is 0 Å². The Labute approximate surface area is 186 Å². The second-order valence-corrected chi connectivity index (χ2v) is 8.52. The molecule has 2 aromatic rings. The number of aromatic nitrogens is 1. The number of pyridine rings is 1. The maximum atomic E-state index is 13.4. The minimum Gasteiger partial charge on any atom is -0.365 e. The van der Waals surface area contributed by atoms with Gasteiger partial charge in [0.25, 0.3) is 11.5 Å². The molecule has 0 bridgehead atoms. The molecular weight excluding hydrogens is 413 g/mol. The third-order valence-electron chi connectivity index (χ3n) is 6.27. The molecule has 2 amide bonds. The van der Waals surface area contributed by atoms with Gasteiger partial charge in [0.05, 0.1) is 6.54 Å². The minimum atomic E-state index is -0.795. The highest BCUT2D eigenvalue weighted by Crippen LogP contribution is 2.22. The van der Waals surface area contributed by atoms with E-state index in [1.807, 2.05) is 0 Å². The van der Waals surface area contributed by atoms with Crippen LogP contribution in [0.25, 0.3) is 5.69 Å². The zero-order valence-electron chi connectivity index (χ0n) is 18.2. The van der Waals surface area contributed by atoms with Gasteiger partial charge < -0.3 is 15.5 Å². The first-order valence-electron chi connectivity index (χ1n) is 10.9. The van der Waals surface area contributed by atoms with Crippen LogP contribution in [-0.2, 0) is 17.8 Å². The quantitative estimate of drug-likeness (QED) is 0.750. The largest absolute Gasteiger partial charge is 0.365 e. The molecule has 1 saturated heterocycles. The first kappa shape index (κ1) is 22.2. The SMILES string of the molecule is CN1CCCN(CC(=O)N2CCc3c(cn(-c4ccc(F)cc4)c(=O)c3C(N)=O)C2)CC1. The fraction of sp³-hybridized carbons (Fsp3) is 0.435. The molecule has 1 aromatic carbocycles. The van der Waals surface area contributed by atoms with E-state index in [0.717, 1.165) is 32.6 Å². The number of carbonyl (C=O) groups excluding carboxylic acids is 2. The Bertz CT molecular complexity index is 1080. The van der Waals surface area contributed by atoms with Crippen LogP contribution in [-0.4, -0.2) is 77.4 Å². The van der Waals surface area contributed by atoms with Crippen LogP contribution in [0.2, 0.25) is 0 Å². The van der Waals surface area contributed by atoms with Gasteiger partial charge in [-0.05, 0) is 68.4 Å². The monoisotopic (exact) mass is 441 g/mol. The van der Waals surface area contributed by atoms with Crippen molar-refractivity contribution in [3.05, 3.63) is 63.3 Å². The van der Waals surface area contributed by atoms with E-state index in [1.165, 1.54) is 28.8 Å². The Kier molecular flexibility index (Phi) is 6.38. The number of rotatable bonds is 4. The van der Waals surface area contributed by atoms with Crippen LogP contribution < -0.4 is 11.3 Å². The Balaban J connectivity index is 1.60. The van der Waals surface area contributed by atoms with E-state index < -0.39 is 17.3 Å². The maximum absolute atomic E-state index is 13.4. The van der Waals surface area contributed by atoms with Gasteiger partial charge in [-0.3, -0.25) is 23.9 Å². The Morgan fingerprint density at radius 3 is 2.53 bits per heavy atom. The van der Waals surface area contributed by atoms with Crippen molar-refractivity contribution in [3.8, 4) is 5.69 Å². The maximum Gasteiger partial charge on any atom is 0.268 e. The Morgan fingerprint density at radius 1 is 1.06 bits per heavy atom. The number of amides is 2. The second-order valence-electron chi connectivity index (χ2n) is 8.52. The summed E-state index contributed by atoms with van der Waals surface area (Å²) in [6, 6.07) is 5.44. The molecule has 2 aliphatic heterocycles. The summed E-state index contributed by atoms with van der Waals surface area (Å²) >= 11 is 0. The smallest absolute Gasteiger partial charge is 0.268 e. The second kappa shape index (κ2) is 9.22. The van der Waals surface area contributed by atoms with E-state index in [-0.39, 0.29) is 11.5 Å². The predicted octanol–water partition coefficient (Wildman–Crippen LogP) is 0.598. The zero-order valence-corrected chi connectivity index (χ0v) is 18.2. The summed E-state index contributed by atoms with van der Waals surface area (Å²) in [5.74, 6) is -1.19. The average molecular weight is 442 g/mol. The van der Waals surface area contributed by atoms with Crippen molar-refractivity contribution >= 4 is 11.8 Å². The van der Waals surface area contributed by atoms with Crippen molar-refractivity contribution in [2.45, 2.75) is 19.4 Å². The molecule has 0 unspecified atom stereocenters. The number of likely N-dealkylation sites (N-methyl/N-ethyl adjacent to an activating group) is 1. The number of nitrogens with two attached hydrogens (primary N) is 1. The molecule has 170 valence electrons. The standard InChI is InChI=1S/C23H28FN5O3/c1-26-8-2-9-27(12-11-26)15-20(30)28-10-7-19-16(13-28)14-29(23(32)21(19)22(25)31)18-5-3-17(24)4-6-18/h3-6,14H,2,7-13,15H2,1H3,(H2,25,31). The van der Waals surface area contributed by atoms with Crippen molar-refractivity contribution in [1.29, 1.82) is 0 Å². The fourth-order valence-corrected chi connectivity index (χ4v) is 4.47. The first-order chi connectivity index (χ1) is 15.3. The number of fused-ring (bicyclic) bond motifs is 1. The van der Waals surface area contributed by atoms with Crippen molar-refractivity contribution in [2.24, 2.45) is 5.73 Å². The van der Waals surface area contributed by atoms with Gasteiger partial charge in [0.15, 0.2) is 0 Å². The molecule has 9 heteroatoms. The van der Waals surface area contributed by atoms with Crippen molar-refractivity contribution in [1.82, 2.24) is 19.3 Å². The van der Waals surface area contributed by atoms with Gasteiger partial charge in [0.2, 0.25) is 5.91 Å². The van der Waals surface area contributed by atoms with Crippen molar-refractivity contribution in [3.63, 3.8) is 0 Å². The highest BCUT2D eigenvalue weighted by Gasteiger charge is 2.28. The topological polar surface area (TPSA) is 91.9 Å². The van der Waals surface area contributed by atoms with Crippen molar-refractivity contribution < 1.29 is 14.0 Å². The lowest BCUT2D eigenvalue weighted by molar-refractivity contribution is -0.133. The molecular formula is C23H28FN5O3. The summed E-state index contributed by atoms with van der Waals surface area (Å²) in [4.78, 5) is 44.3. The summed E-state index contributed by atoms with van der Waals surface area (Å²) in [7, 11) is 2.09. The Hall–Kier alpha value is -3.04. The van der Waals surface area contributed by atoms with Gasteiger partial charge in [-0.15, -0.1) is 0 Å². The van der Waals surface area contributed by atoms with E-state index >= 15 is 0 Å². The average Bonchev–Trinajstić information content (AvgIpc) is 2.97. The number of hydrogen-bond acceptors (Lipinski definition) is 5. The van der Waals surface area contributed by atoms with E-state index in [0.29, 0.717) is 42.9 Å². The molecule has 0 spiro atoms. The molecule has 8 nitrogen and oxygen atoms in total. The zero-order chi connectivity index (χ0) is 22.8. The normalized spacial score (nSPS) is 17.6. The summed E-state index contributed by atoms with van der Waals surface area (Å²) in [5, 5.41) is 0. The van der Waals surface area contributed by atoms with Crippen LogP contribution in [0.3, 0.4) is 0 Å². The molecule has 2 aliphatic rings. The van der Waals surface area contributed by atoms with Crippen LogP contribution in [0.1, 0.15) is 27.9 Å². The van der Waals surface area contributed by atoms with Crippen LogP contribution in [0, 0.1) is 5.82 Å². The number of carbonyl (C=O) groups is 2. The van der Waals surface area contributed by atoms with Gasteiger partial charge in [0.1, 0.15) is 11.4 Å². The van der Waals surface area contributed by atoms with E-state index in [4.69, 9.17) is 5.73 Å². The van der Waals surface area contributed by atoms with Gasteiger partial charge >= 0.3 is 0 Å². The van der Waals surface area contributed by atoms with Crippen LogP contribution in [0.5, 0.6) is 0 Å². The third kappa shape index (κ3) is 4.58. The van der Waals surface area contributed by atoms with Gasteiger partial charge in [-0.2, -0.15) is 0 Å². The number of primary amides is 1. The highest BCUT2D eigenvalue weighted by atomic mass is 19.1. The number of halogens is 1. The highest BCUT2D eigenvalue weighted by molar-refractivity contribution is 5.94. The summed E-state index contributed by atoms with van der Waals surface area (Å²) in [6.45, 7) is 4.77. The van der Waals surface area contributed by atoms with Crippen LogP contribution in [0.15, 0.2) is 35.3 Å². The Morgan fingerprint density at radius 2 is 1.81 bits per heavy atom. The fourth-order valence-electron chi connectivity index (χ4n) is 4.47. The van der Waals surface area contributed by atoms with E-state index in [1.54, 1.807) is 11.1 Å². The van der Waals surface area contributed by atoms with Gasteiger partial charge in [0, 0.05) is 38.1 Å². The molecule has 0 radical (unpaired) electrons. The van der Waals surface area contributed by atoms with E-state index in [2.05, 4.69) is 16.8 Å².